The largest absolute Gasteiger partial charge is 0.506 e. The summed E-state index contributed by atoms with van der Waals surface area (Å²) in [5, 5.41) is 13.9. The Morgan fingerprint density at radius 2 is 2.10 bits per heavy atom. The van der Waals surface area contributed by atoms with Gasteiger partial charge in [-0.1, -0.05) is 34.8 Å². The molecule has 21 heavy (non-hydrogen) atoms. The molecule has 0 saturated carbocycles. The second kappa shape index (κ2) is 6.76. The first-order valence-corrected chi connectivity index (χ1v) is 6.74. The van der Waals surface area contributed by atoms with E-state index in [1.54, 1.807) is 6.07 Å². The normalized spacial score (nSPS) is 10.8. The third kappa shape index (κ3) is 3.85. The lowest BCUT2D eigenvalue weighted by Gasteiger charge is -2.03. The van der Waals surface area contributed by atoms with Crippen molar-refractivity contribution in [3.05, 3.63) is 56.8 Å². The van der Waals surface area contributed by atoms with Gasteiger partial charge in [-0.15, -0.1) is 0 Å². The number of aromatic nitrogens is 1. The van der Waals surface area contributed by atoms with E-state index < -0.39 is 5.91 Å². The van der Waals surface area contributed by atoms with Crippen LogP contribution in [0.5, 0.6) is 5.75 Å². The number of amides is 1. The zero-order chi connectivity index (χ0) is 15.4. The summed E-state index contributed by atoms with van der Waals surface area (Å²) in [7, 11) is 0. The maximum atomic E-state index is 11.8. The van der Waals surface area contributed by atoms with Crippen LogP contribution in [0.15, 0.2) is 35.6 Å². The van der Waals surface area contributed by atoms with Crippen LogP contribution in [0, 0.1) is 0 Å². The molecule has 0 unspecified atom stereocenters. The summed E-state index contributed by atoms with van der Waals surface area (Å²) in [4.78, 5) is 15.6. The van der Waals surface area contributed by atoms with Crippen LogP contribution < -0.4 is 5.43 Å². The minimum Gasteiger partial charge on any atom is -0.506 e. The Hall–Kier alpha value is -1.82. The van der Waals surface area contributed by atoms with Crippen molar-refractivity contribution in [2.75, 3.05) is 0 Å². The molecule has 0 bridgehead atoms. The van der Waals surface area contributed by atoms with Crippen molar-refractivity contribution >= 4 is 46.9 Å². The summed E-state index contributed by atoms with van der Waals surface area (Å²) >= 11 is 17.4. The molecule has 0 aliphatic rings. The third-order valence-electron chi connectivity index (χ3n) is 2.43. The van der Waals surface area contributed by atoms with E-state index in [0.29, 0.717) is 5.02 Å². The summed E-state index contributed by atoms with van der Waals surface area (Å²) in [6.45, 7) is 0. The number of benzene rings is 1. The van der Waals surface area contributed by atoms with E-state index in [2.05, 4.69) is 15.5 Å². The molecule has 108 valence electrons. The molecule has 1 heterocycles. The monoisotopic (exact) mass is 343 g/mol. The maximum absolute atomic E-state index is 11.8. The Balaban J connectivity index is 2.13. The standard InChI is InChI=1S/C13H8Cl3N3O2/c14-8-4-7(11(20)10(15)5-8)6-18-19-13(21)9-2-1-3-17-12(9)16/h1-6,20H,(H,19,21). The molecule has 0 saturated heterocycles. The van der Waals surface area contributed by atoms with Gasteiger partial charge in [-0.3, -0.25) is 4.79 Å². The number of rotatable bonds is 3. The first-order chi connectivity index (χ1) is 9.99. The maximum Gasteiger partial charge on any atom is 0.274 e. The molecule has 5 nitrogen and oxygen atoms in total. The van der Waals surface area contributed by atoms with Gasteiger partial charge in [0.15, 0.2) is 0 Å². The lowest BCUT2D eigenvalue weighted by molar-refractivity contribution is 0.0955. The minimum absolute atomic E-state index is 0.0684. The SMILES string of the molecule is O=C(NN=Cc1cc(Cl)cc(Cl)c1O)c1cccnc1Cl. The topological polar surface area (TPSA) is 74.6 Å². The van der Waals surface area contributed by atoms with E-state index in [9.17, 15) is 9.90 Å². The number of phenolic OH excluding ortho intramolecular Hbond substituents is 1. The first kappa shape index (κ1) is 15.6. The molecule has 1 aromatic heterocycles. The van der Waals surface area contributed by atoms with Crippen LogP contribution in [-0.2, 0) is 0 Å². The van der Waals surface area contributed by atoms with Gasteiger partial charge < -0.3 is 5.11 Å². The van der Waals surface area contributed by atoms with Crippen molar-refractivity contribution < 1.29 is 9.90 Å². The van der Waals surface area contributed by atoms with Crippen molar-refractivity contribution in [1.29, 1.82) is 0 Å². The molecule has 2 rings (SSSR count). The number of pyridine rings is 1. The highest BCUT2D eigenvalue weighted by Gasteiger charge is 2.10. The summed E-state index contributed by atoms with van der Waals surface area (Å²) in [6, 6.07) is 5.93. The number of carbonyl (C=O) groups excluding carboxylic acids is 1. The molecular formula is C13H8Cl3N3O2. The van der Waals surface area contributed by atoms with E-state index in [1.807, 2.05) is 0 Å². The number of nitrogens with one attached hydrogen (secondary N) is 1. The van der Waals surface area contributed by atoms with Crippen LogP contribution in [0.4, 0.5) is 0 Å². The Bertz CT molecular complexity index is 720. The number of aromatic hydroxyl groups is 1. The van der Waals surface area contributed by atoms with Gasteiger partial charge in [-0.05, 0) is 24.3 Å². The second-order valence-electron chi connectivity index (χ2n) is 3.87. The zero-order valence-electron chi connectivity index (χ0n) is 10.3. The van der Waals surface area contributed by atoms with Gasteiger partial charge >= 0.3 is 0 Å². The lowest BCUT2D eigenvalue weighted by Crippen LogP contribution is -2.18. The Morgan fingerprint density at radius 3 is 2.81 bits per heavy atom. The number of hydrogen-bond acceptors (Lipinski definition) is 4. The predicted molar refractivity (Wildman–Crippen MR) is 82.4 cm³/mol. The van der Waals surface area contributed by atoms with Gasteiger partial charge in [0.1, 0.15) is 10.9 Å². The number of carbonyl (C=O) groups is 1. The van der Waals surface area contributed by atoms with E-state index in [1.165, 1.54) is 30.6 Å². The van der Waals surface area contributed by atoms with Crippen LogP contribution >= 0.6 is 34.8 Å². The highest BCUT2D eigenvalue weighted by Crippen LogP contribution is 2.29. The van der Waals surface area contributed by atoms with Gasteiger partial charge in [0.2, 0.25) is 0 Å². The van der Waals surface area contributed by atoms with Crippen molar-refractivity contribution in [1.82, 2.24) is 10.4 Å². The molecule has 0 aliphatic heterocycles. The third-order valence-corrected chi connectivity index (χ3v) is 3.24. The Kier molecular flexibility index (Phi) is 5.01. The molecular weight excluding hydrogens is 337 g/mol. The predicted octanol–water partition coefficient (Wildman–Crippen LogP) is 3.51. The second-order valence-corrected chi connectivity index (χ2v) is 5.07. The molecule has 8 heteroatoms. The van der Waals surface area contributed by atoms with Gasteiger partial charge in [-0.25, -0.2) is 10.4 Å². The first-order valence-electron chi connectivity index (χ1n) is 5.61. The van der Waals surface area contributed by atoms with Gasteiger partial charge in [0.05, 0.1) is 16.8 Å². The summed E-state index contributed by atoms with van der Waals surface area (Å²) in [5.74, 6) is -0.713. The average molecular weight is 345 g/mol. The van der Waals surface area contributed by atoms with Crippen LogP contribution in [0.1, 0.15) is 15.9 Å². The van der Waals surface area contributed by atoms with E-state index in [0.717, 1.165) is 0 Å². The van der Waals surface area contributed by atoms with Crippen LogP contribution in [-0.4, -0.2) is 22.2 Å². The summed E-state index contributed by atoms with van der Waals surface area (Å²) < 4.78 is 0. The van der Waals surface area contributed by atoms with E-state index in [-0.39, 0.29) is 27.1 Å². The van der Waals surface area contributed by atoms with E-state index in [4.69, 9.17) is 34.8 Å². The molecule has 0 aliphatic carbocycles. The summed E-state index contributed by atoms with van der Waals surface area (Å²) in [6.07, 6.45) is 2.68. The number of hydrogen-bond donors (Lipinski definition) is 2. The molecule has 0 radical (unpaired) electrons. The van der Waals surface area contributed by atoms with Crippen LogP contribution in [0.3, 0.4) is 0 Å². The van der Waals surface area contributed by atoms with Gasteiger partial charge in [-0.2, -0.15) is 5.10 Å². The number of nitrogens with zero attached hydrogens (tertiary/aromatic N) is 2. The fourth-order valence-corrected chi connectivity index (χ4v) is 2.17. The fourth-order valence-electron chi connectivity index (χ4n) is 1.46. The molecule has 2 aromatic rings. The lowest BCUT2D eigenvalue weighted by atomic mass is 10.2. The van der Waals surface area contributed by atoms with Gasteiger partial charge in [0, 0.05) is 16.8 Å². The van der Waals surface area contributed by atoms with Gasteiger partial charge in [0.25, 0.3) is 5.91 Å². The molecule has 1 amide bonds. The number of hydrazone groups is 1. The highest BCUT2D eigenvalue weighted by molar-refractivity contribution is 6.36. The molecule has 1 aromatic carbocycles. The average Bonchev–Trinajstić information content (AvgIpc) is 2.44. The zero-order valence-corrected chi connectivity index (χ0v) is 12.6. The molecule has 0 fully saturated rings. The van der Waals surface area contributed by atoms with Crippen molar-refractivity contribution in [2.24, 2.45) is 5.10 Å². The quantitative estimate of drug-likeness (QED) is 0.508. The number of phenols is 1. The minimum atomic E-state index is -0.531. The van der Waals surface area contributed by atoms with Crippen LogP contribution in [0.25, 0.3) is 0 Å². The fraction of sp³-hybridized carbons (Fsp3) is 0. The van der Waals surface area contributed by atoms with Crippen molar-refractivity contribution in [2.45, 2.75) is 0 Å². The molecule has 0 atom stereocenters. The Labute approximate surface area is 135 Å². The smallest absolute Gasteiger partial charge is 0.274 e. The Morgan fingerprint density at radius 1 is 1.33 bits per heavy atom. The van der Waals surface area contributed by atoms with Crippen molar-refractivity contribution in [3.8, 4) is 5.75 Å². The molecule has 2 N–H and O–H groups in total. The summed E-state index contributed by atoms with van der Waals surface area (Å²) in [5.41, 5.74) is 2.72. The number of halogens is 3. The van der Waals surface area contributed by atoms with Crippen molar-refractivity contribution in [3.63, 3.8) is 0 Å². The highest BCUT2D eigenvalue weighted by atomic mass is 35.5. The van der Waals surface area contributed by atoms with E-state index >= 15 is 0 Å². The van der Waals surface area contributed by atoms with Crippen LogP contribution in [0.2, 0.25) is 15.2 Å². The molecule has 0 spiro atoms.